The van der Waals surface area contributed by atoms with E-state index in [0.29, 0.717) is 43.1 Å². The third kappa shape index (κ3) is 4.18. The highest BCUT2D eigenvalue weighted by Crippen LogP contribution is 2.33. The molecule has 2 aliphatic rings. The number of hydrogen-bond donors (Lipinski definition) is 2. The summed E-state index contributed by atoms with van der Waals surface area (Å²) in [6.45, 7) is 1.43. The van der Waals surface area contributed by atoms with E-state index in [1.165, 1.54) is 10.7 Å². The molecule has 1 aliphatic heterocycles. The molecule has 7 nitrogen and oxygen atoms in total. The molecule has 1 amide bonds. The van der Waals surface area contributed by atoms with Crippen LogP contribution in [0, 0.1) is 0 Å². The lowest BCUT2D eigenvalue weighted by Gasteiger charge is -2.29. The summed E-state index contributed by atoms with van der Waals surface area (Å²) in [5.74, 6) is -2.47. The van der Waals surface area contributed by atoms with Crippen LogP contribution in [0.25, 0.3) is 5.65 Å². The van der Waals surface area contributed by atoms with Crippen LogP contribution in [0.4, 0.5) is 14.6 Å². The van der Waals surface area contributed by atoms with Gasteiger partial charge in [0, 0.05) is 44.3 Å². The molecule has 1 aliphatic carbocycles. The number of aromatic nitrogens is 3. The molecule has 9 heteroatoms. The molecule has 3 heterocycles. The van der Waals surface area contributed by atoms with E-state index in [-0.39, 0.29) is 18.9 Å². The topological polar surface area (TPSA) is 80.6 Å². The maximum atomic E-state index is 13.6. The molecular weight excluding hydrogens is 356 g/mol. The van der Waals surface area contributed by atoms with Gasteiger partial charge in [0.05, 0.1) is 6.20 Å². The number of nitrogens with one attached hydrogen (secondary N) is 2. The third-order valence-electron chi connectivity index (χ3n) is 5.16. The normalized spacial score (nSPS) is 23.3. The lowest BCUT2D eigenvalue weighted by atomic mass is 9.92. The second kappa shape index (κ2) is 7.38. The van der Waals surface area contributed by atoms with Gasteiger partial charge in [-0.3, -0.25) is 4.79 Å². The molecule has 1 saturated heterocycles. The fourth-order valence-electron chi connectivity index (χ4n) is 3.72. The molecule has 2 aromatic heterocycles. The fraction of sp³-hybridized carbons (Fsp3) is 0.611. The van der Waals surface area contributed by atoms with Crippen molar-refractivity contribution < 1.29 is 18.3 Å². The number of carbonyl (C=O) groups excluding carboxylic acids is 1. The maximum absolute atomic E-state index is 13.6. The quantitative estimate of drug-likeness (QED) is 0.854. The summed E-state index contributed by atoms with van der Waals surface area (Å²) in [5, 5.41) is 10.2. The molecule has 146 valence electrons. The summed E-state index contributed by atoms with van der Waals surface area (Å²) in [7, 11) is 0. The minimum absolute atomic E-state index is 0.112. The van der Waals surface area contributed by atoms with Crippen LogP contribution < -0.4 is 10.6 Å². The highest BCUT2D eigenvalue weighted by Gasteiger charge is 2.37. The van der Waals surface area contributed by atoms with Crippen molar-refractivity contribution in [3.05, 3.63) is 24.0 Å². The van der Waals surface area contributed by atoms with E-state index in [2.05, 4.69) is 20.7 Å². The Bertz CT molecular complexity index is 819. The van der Waals surface area contributed by atoms with Crippen molar-refractivity contribution in [3.63, 3.8) is 0 Å². The first-order chi connectivity index (χ1) is 13.0. The molecule has 1 unspecified atom stereocenters. The van der Waals surface area contributed by atoms with Crippen molar-refractivity contribution in [2.24, 2.45) is 0 Å². The molecule has 2 aromatic rings. The largest absolute Gasteiger partial charge is 0.381 e. The van der Waals surface area contributed by atoms with Crippen LogP contribution in [-0.4, -0.2) is 51.7 Å². The Morgan fingerprint density at radius 1 is 1.26 bits per heavy atom. The molecule has 1 atom stereocenters. The second-order valence-electron chi connectivity index (χ2n) is 7.29. The van der Waals surface area contributed by atoms with Crippen molar-refractivity contribution in [2.45, 2.75) is 56.5 Å². The Labute approximate surface area is 155 Å². The smallest absolute Gasteiger partial charge is 0.256 e. The SMILES string of the molecule is O=C(NC1CCCC(F)(F)C1)c1cnn2ccc(NC3CCOCC3)nc12. The molecule has 0 radical (unpaired) electrons. The minimum atomic E-state index is -2.71. The highest BCUT2D eigenvalue weighted by atomic mass is 19.3. The lowest BCUT2D eigenvalue weighted by molar-refractivity contribution is -0.0429. The highest BCUT2D eigenvalue weighted by molar-refractivity contribution is 5.99. The number of amides is 1. The molecule has 0 spiro atoms. The zero-order valence-electron chi connectivity index (χ0n) is 15.0. The van der Waals surface area contributed by atoms with Crippen LogP contribution in [0.5, 0.6) is 0 Å². The fourth-order valence-corrected chi connectivity index (χ4v) is 3.72. The third-order valence-corrected chi connectivity index (χ3v) is 5.16. The summed E-state index contributed by atoms with van der Waals surface area (Å²) >= 11 is 0. The molecular formula is C18H23F2N5O2. The molecule has 27 heavy (non-hydrogen) atoms. The Morgan fingerprint density at radius 2 is 2.07 bits per heavy atom. The standard InChI is InChI=1S/C18H23F2N5O2/c19-18(20)6-1-2-13(10-18)23-17(26)14-11-21-25-7-3-15(24-16(14)25)22-12-4-8-27-9-5-12/h3,7,11-13H,1-2,4-6,8-10H2,(H,22,24)(H,23,26). The number of alkyl halides is 2. The van der Waals surface area contributed by atoms with Gasteiger partial charge in [0.25, 0.3) is 5.91 Å². The number of anilines is 1. The van der Waals surface area contributed by atoms with Crippen molar-refractivity contribution in [1.82, 2.24) is 19.9 Å². The Kier molecular flexibility index (Phi) is 4.94. The van der Waals surface area contributed by atoms with Gasteiger partial charge in [-0.2, -0.15) is 5.10 Å². The average molecular weight is 379 g/mol. The predicted molar refractivity (Wildman–Crippen MR) is 95.1 cm³/mol. The van der Waals surface area contributed by atoms with Crippen molar-refractivity contribution in [3.8, 4) is 0 Å². The van der Waals surface area contributed by atoms with Crippen LogP contribution in [0.2, 0.25) is 0 Å². The van der Waals surface area contributed by atoms with Crippen LogP contribution in [-0.2, 0) is 4.74 Å². The van der Waals surface area contributed by atoms with Crippen LogP contribution in [0.3, 0.4) is 0 Å². The maximum Gasteiger partial charge on any atom is 0.256 e. The first-order valence-corrected chi connectivity index (χ1v) is 9.37. The Morgan fingerprint density at radius 3 is 2.85 bits per heavy atom. The number of hydrogen-bond acceptors (Lipinski definition) is 5. The van der Waals surface area contributed by atoms with Gasteiger partial charge in [0.2, 0.25) is 5.92 Å². The summed E-state index contributed by atoms with van der Waals surface area (Å²) in [4.78, 5) is 17.1. The van der Waals surface area contributed by atoms with Gasteiger partial charge < -0.3 is 15.4 Å². The number of ether oxygens (including phenoxy) is 1. The second-order valence-corrected chi connectivity index (χ2v) is 7.29. The number of halogens is 2. The summed E-state index contributed by atoms with van der Waals surface area (Å²) in [6.07, 6.45) is 5.49. The van der Waals surface area contributed by atoms with E-state index >= 15 is 0 Å². The first kappa shape index (κ1) is 18.1. The average Bonchev–Trinajstić information content (AvgIpc) is 3.05. The van der Waals surface area contributed by atoms with Crippen molar-refractivity contribution >= 4 is 17.4 Å². The van der Waals surface area contributed by atoms with Gasteiger partial charge in [0.15, 0.2) is 5.65 Å². The van der Waals surface area contributed by atoms with Gasteiger partial charge in [-0.25, -0.2) is 18.3 Å². The number of carbonyl (C=O) groups is 1. The van der Waals surface area contributed by atoms with E-state index in [9.17, 15) is 13.6 Å². The number of rotatable bonds is 4. The van der Waals surface area contributed by atoms with Crippen LogP contribution >= 0.6 is 0 Å². The van der Waals surface area contributed by atoms with Crippen LogP contribution in [0.15, 0.2) is 18.5 Å². The monoisotopic (exact) mass is 379 g/mol. The van der Waals surface area contributed by atoms with E-state index < -0.39 is 17.9 Å². The van der Waals surface area contributed by atoms with Crippen molar-refractivity contribution in [1.29, 1.82) is 0 Å². The molecule has 1 saturated carbocycles. The molecule has 2 fully saturated rings. The van der Waals surface area contributed by atoms with Crippen molar-refractivity contribution in [2.75, 3.05) is 18.5 Å². The molecule has 4 rings (SSSR count). The van der Waals surface area contributed by atoms with E-state index in [4.69, 9.17) is 4.74 Å². The molecule has 0 bridgehead atoms. The number of fused-ring (bicyclic) bond motifs is 1. The van der Waals surface area contributed by atoms with E-state index in [1.807, 2.05) is 0 Å². The lowest BCUT2D eigenvalue weighted by Crippen LogP contribution is -2.42. The van der Waals surface area contributed by atoms with Gasteiger partial charge in [0.1, 0.15) is 11.4 Å². The van der Waals surface area contributed by atoms with E-state index in [0.717, 1.165) is 12.8 Å². The Balaban J connectivity index is 1.49. The summed E-state index contributed by atoms with van der Waals surface area (Å²) < 4.78 is 34.0. The van der Waals surface area contributed by atoms with Gasteiger partial charge in [-0.15, -0.1) is 0 Å². The zero-order chi connectivity index (χ0) is 18.9. The van der Waals surface area contributed by atoms with Crippen LogP contribution in [0.1, 0.15) is 48.9 Å². The minimum Gasteiger partial charge on any atom is -0.381 e. The van der Waals surface area contributed by atoms with Gasteiger partial charge >= 0.3 is 0 Å². The predicted octanol–water partition coefficient (Wildman–Crippen LogP) is 2.63. The zero-order valence-corrected chi connectivity index (χ0v) is 15.0. The molecule has 0 aromatic carbocycles. The summed E-state index contributed by atoms with van der Waals surface area (Å²) in [6, 6.07) is 1.55. The first-order valence-electron chi connectivity index (χ1n) is 9.37. The number of nitrogens with zero attached hydrogens (tertiary/aromatic N) is 3. The Hall–Kier alpha value is -2.29. The van der Waals surface area contributed by atoms with Gasteiger partial charge in [-0.1, -0.05) is 0 Å². The van der Waals surface area contributed by atoms with E-state index in [1.54, 1.807) is 12.3 Å². The molecule has 2 N–H and O–H groups in total. The summed E-state index contributed by atoms with van der Waals surface area (Å²) in [5.41, 5.74) is 0.701. The van der Waals surface area contributed by atoms with Gasteiger partial charge in [-0.05, 0) is 31.7 Å².